The molecule has 0 spiro atoms. The maximum Gasteiger partial charge on any atom is 0.328 e. The highest BCUT2D eigenvalue weighted by Gasteiger charge is 2.52. The van der Waals surface area contributed by atoms with Crippen LogP contribution in [0.2, 0.25) is 0 Å². The van der Waals surface area contributed by atoms with Crippen molar-refractivity contribution >= 4 is 11.5 Å². The molecule has 3 aromatic rings. The molecule has 4 bridgehead atoms. The van der Waals surface area contributed by atoms with E-state index in [2.05, 4.69) is 42.5 Å². The zero-order valence-electron chi connectivity index (χ0n) is 21.5. The molecule has 2 aromatic carbocycles. The number of pyridine rings is 1. The highest BCUT2D eigenvalue weighted by Crippen LogP contribution is 2.62. The third-order valence-corrected chi connectivity index (χ3v) is 8.93. The van der Waals surface area contributed by atoms with Crippen molar-refractivity contribution in [2.24, 2.45) is 17.8 Å². The fourth-order valence-corrected chi connectivity index (χ4v) is 7.70. The predicted molar refractivity (Wildman–Crippen MR) is 146 cm³/mol. The van der Waals surface area contributed by atoms with Crippen LogP contribution in [0, 0.1) is 17.8 Å². The fraction of sp³-hybridized carbons (Fsp3) is 0.394. The lowest BCUT2D eigenvalue weighted by atomic mass is 9.48. The second-order valence-corrected chi connectivity index (χ2v) is 11.5. The summed E-state index contributed by atoms with van der Waals surface area (Å²) in [7, 11) is 0. The first-order valence-electron chi connectivity index (χ1n) is 13.7. The number of rotatable bonds is 8. The molecule has 4 heteroatoms. The minimum absolute atomic E-state index is 0.205. The predicted octanol–water partition coefficient (Wildman–Crippen LogP) is 7.67. The van der Waals surface area contributed by atoms with E-state index in [1.54, 1.807) is 6.20 Å². The van der Waals surface area contributed by atoms with Crippen LogP contribution in [0.1, 0.15) is 68.6 Å². The fourth-order valence-electron chi connectivity index (χ4n) is 7.70. The van der Waals surface area contributed by atoms with Gasteiger partial charge in [0, 0.05) is 23.4 Å². The molecule has 4 aliphatic rings. The quantitative estimate of drug-likeness (QED) is 0.327. The Labute approximate surface area is 219 Å². The minimum atomic E-state index is -0.924. The lowest BCUT2D eigenvalue weighted by molar-refractivity contribution is -0.131. The summed E-state index contributed by atoms with van der Waals surface area (Å²) in [6.07, 6.45) is 11.8. The normalized spacial score (nSPS) is 26.3. The van der Waals surface area contributed by atoms with Gasteiger partial charge in [0.2, 0.25) is 0 Å². The van der Waals surface area contributed by atoms with Crippen molar-refractivity contribution in [3.8, 4) is 17.0 Å². The van der Waals surface area contributed by atoms with Crippen molar-refractivity contribution in [2.75, 3.05) is 0 Å². The van der Waals surface area contributed by atoms with Gasteiger partial charge in [0.25, 0.3) is 0 Å². The smallest absolute Gasteiger partial charge is 0.328 e. The van der Waals surface area contributed by atoms with E-state index in [1.807, 2.05) is 25.1 Å². The van der Waals surface area contributed by atoms with Gasteiger partial charge in [0.05, 0.1) is 5.69 Å². The van der Waals surface area contributed by atoms with E-state index in [-0.39, 0.29) is 5.41 Å². The van der Waals surface area contributed by atoms with Crippen molar-refractivity contribution in [1.29, 1.82) is 0 Å². The molecule has 0 radical (unpaired) electrons. The van der Waals surface area contributed by atoms with E-state index in [9.17, 15) is 9.90 Å². The zero-order chi connectivity index (χ0) is 25.4. The summed E-state index contributed by atoms with van der Waals surface area (Å²) in [6.45, 7) is 2.54. The van der Waals surface area contributed by atoms with Gasteiger partial charge in [0.1, 0.15) is 12.4 Å². The lowest BCUT2D eigenvalue weighted by Gasteiger charge is -2.57. The van der Waals surface area contributed by atoms with Crippen molar-refractivity contribution in [3.63, 3.8) is 0 Å². The van der Waals surface area contributed by atoms with E-state index >= 15 is 0 Å². The number of hydrogen-bond acceptors (Lipinski definition) is 3. The molecule has 4 saturated carbocycles. The number of carboxylic acids is 1. The molecular weight excluding hydrogens is 458 g/mol. The largest absolute Gasteiger partial charge is 0.489 e. The van der Waals surface area contributed by atoms with Crippen LogP contribution < -0.4 is 4.74 Å². The molecule has 1 N–H and O–H groups in total. The number of benzene rings is 2. The van der Waals surface area contributed by atoms with Crippen molar-refractivity contribution in [2.45, 2.75) is 63.9 Å². The first kappa shape index (κ1) is 24.0. The number of allylic oxidation sites excluding steroid dienone is 1. The molecule has 4 aliphatic carbocycles. The zero-order valence-corrected chi connectivity index (χ0v) is 21.5. The number of carbonyl (C=O) groups is 1. The van der Waals surface area contributed by atoms with Crippen molar-refractivity contribution in [3.05, 3.63) is 89.6 Å². The minimum Gasteiger partial charge on any atom is -0.489 e. The first-order chi connectivity index (χ1) is 18.0. The van der Waals surface area contributed by atoms with Gasteiger partial charge in [-0.25, -0.2) is 4.79 Å². The van der Waals surface area contributed by atoms with Crippen molar-refractivity contribution in [1.82, 2.24) is 4.98 Å². The maximum absolute atomic E-state index is 11.2. The van der Waals surface area contributed by atoms with Crippen LogP contribution in [0.25, 0.3) is 16.8 Å². The van der Waals surface area contributed by atoms with Crippen LogP contribution in [-0.4, -0.2) is 16.1 Å². The molecule has 0 atom stereocenters. The summed E-state index contributed by atoms with van der Waals surface area (Å²) in [5.41, 5.74) is 6.41. The van der Waals surface area contributed by atoms with Gasteiger partial charge in [-0.3, -0.25) is 4.98 Å². The average Bonchev–Trinajstić information content (AvgIpc) is 2.90. The van der Waals surface area contributed by atoms with Crippen LogP contribution in [0.4, 0.5) is 0 Å². The molecule has 0 aliphatic heterocycles. The Morgan fingerprint density at radius 1 is 1.00 bits per heavy atom. The second-order valence-electron chi connectivity index (χ2n) is 11.5. The van der Waals surface area contributed by atoms with Gasteiger partial charge < -0.3 is 9.84 Å². The maximum atomic E-state index is 11.2. The van der Waals surface area contributed by atoms with Crippen LogP contribution in [0.5, 0.6) is 5.75 Å². The van der Waals surface area contributed by atoms with Crippen LogP contribution in [0.3, 0.4) is 0 Å². The Hall–Kier alpha value is -3.40. The van der Waals surface area contributed by atoms with E-state index in [4.69, 9.17) is 9.72 Å². The topological polar surface area (TPSA) is 59.4 Å². The molecule has 7 rings (SSSR count). The van der Waals surface area contributed by atoms with E-state index in [1.165, 1.54) is 55.7 Å². The average molecular weight is 494 g/mol. The summed E-state index contributed by atoms with van der Waals surface area (Å²) in [4.78, 5) is 16.0. The number of ether oxygens (including phenoxy) is 1. The Bertz CT molecular complexity index is 1270. The van der Waals surface area contributed by atoms with Crippen LogP contribution in [-0.2, 0) is 16.8 Å². The van der Waals surface area contributed by atoms with E-state index < -0.39 is 5.97 Å². The number of aromatic nitrogens is 1. The standard InChI is InChI=1S/C33H35NO3/c1-2-26(16-32(35)36)28-8-10-30(34-20-28)27-9-11-31(37-21-22-6-4-3-5-7-22)29(15-27)33-17-23-12-24(18-33)14-25(13-23)19-33/h3-11,15-16,20,23-25H,2,12-14,17-19,21H2,1H3,(H,35,36)/b26-16+. The number of nitrogens with zero attached hydrogens (tertiary/aromatic N) is 1. The third kappa shape index (κ3) is 4.82. The molecule has 0 amide bonds. The van der Waals surface area contributed by atoms with E-state index in [0.29, 0.717) is 13.0 Å². The Kier molecular flexibility index (Phi) is 6.36. The molecule has 1 heterocycles. The molecule has 190 valence electrons. The molecule has 4 fully saturated rings. The van der Waals surface area contributed by atoms with E-state index in [0.717, 1.165) is 45.9 Å². The monoisotopic (exact) mass is 493 g/mol. The SMILES string of the molecule is CC/C(=C\C(=O)O)c1ccc(-c2ccc(OCc3ccccc3)c(C34CC5CC(CC(C5)C3)C4)c2)nc1. The molecule has 1 aromatic heterocycles. The van der Waals surface area contributed by atoms with Gasteiger partial charge in [0.15, 0.2) is 0 Å². The highest BCUT2D eigenvalue weighted by molar-refractivity contribution is 5.90. The first-order valence-corrected chi connectivity index (χ1v) is 13.7. The van der Waals surface area contributed by atoms with Gasteiger partial charge >= 0.3 is 5.97 Å². The highest BCUT2D eigenvalue weighted by atomic mass is 16.5. The summed E-state index contributed by atoms with van der Waals surface area (Å²) in [6, 6.07) is 21.0. The molecule has 37 heavy (non-hydrogen) atoms. The van der Waals surface area contributed by atoms with Gasteiger partial charge in [-0.15, -0.1) is 0 Å². The van der Waals surface area contributed by atoms with Crippen LogP contribution >= 0.6 is 0 Å². The molecule has 0 saturated heterocycles. The molecular formula is C33H35NO3. The van der Waals surface area contributed by atoms with Gasteiger partial charge in [-0.05, 0) is 109 Å². The molecule has 0 unspecified atom stereocenters. The Morgan fingerprint density at radius 3 is 2.30 bits per heavy atom. The summed E-state index contributed by atoms with van der Waals surface area (Å²) >= 11 is 0. The number of aliphatic carboxylic acids is 1. The third-order valence-electron chi connectivity index (χ3n) is 8.93. The number of hydrogen-bond donors (Lipinski definition) is 1. The Balaban J connectivity index is 1.35. The van der Waals surface area contributed by atoms with Gasteiger partial charge in [-0.2, -0.15) is 0 Å². The Morgan fingerprint density at radius 2 is 1.70 bits per heavy atom. The summed E-state index contributed by atoms with van der Waals surface area (Å²) < 4.78 is 6.52. The second kappa shape index (κ2) is 9.81. The van der Waals surface area contributed by atoms with Crippen molar-refractivity contribution < 1.29 is 14.6 Å². The van der Waals surface area contributed by atoms with Crippen LogP contribution in [0.15, 0.2) is 72.9 Å². The molecule has 4 nitrogen and oxygen atoms in total. The summed E-state index contributed by atoms with van der Waals surface area (Å²) in [5.74, 6) is 2.64. The number of carboxylic acid groups (broad SMARTS) is 1. The van der Waals surface area contributed by atoms with Gasteiger partial charge in [-0.1, -0.05) is 43.3 Å². The lowest BCUT2D eigenvalue weighted by Crippen LogP contribution is -2.48. The summed E-state index contributed by atoms with van der Waals surface area (Å²) in [5, 5.41) is 9.19.